The maximum Gasteiger partial charge on any atom is 0.271 e. The average Bonchev–Trinajstić information content (AvgIpc) is 2.29. The molecular weight excluding hydrogens is 204 g/mol. The first-order chi connectivity index (χ1) is 7.74. The number of nitrogens with zero attached hydrogens (tertiary/aromatic N) is 2. The molecule has 0 aliphatic rings. The zero-order valence-electron chi connectivity index (χ0n) is 9.79. The van der Waals surface area contributed by atoms with Crippen LogP contribution in [-0.4, -0.2) is 35.5 Å². The summed E-state index contributed by atoms with van der Waals surface area (Å²) in [7, 11) is 0. The molecule has 0 aliphatic carbocycles. The highest BCUT2D eigenvalue weighted by atomic mass is 16.1. The Balaban J connectivity index is 2.27. The molecule has 0 spiro atoms. The molecule has 0 aromatic carbocycles. The fourth-order valence-electron chi connectivity index (χ4n) is 1.19. The van der Waals surface area contributed by atoms with E-state index in [-0.39, 0.29) is 5.91 Å². The summed E-state index contributed by atoms with van der Waals surface area (Å²) >= 11 is 0. The van der Waals surface area contributed by atoms with Gasteiger partial charge in [0.1, 0.15) is 5.69 Å². The van der Waals surface area contributed by atoms with Crippen LogP contribution in [0.2, 0.25) is 0 Å². The van der Waals surface area contributed by atoms with Crippen molar-refractivity contribution in [1.29, 1.82) is 0 Å². The number of nitrogens with one attached hydrogen (secondary N) is 2. The van der Waals surface area contributed by atoms with Crippen molar-refractivity contribution in [3.05, 3.63) is 23.8 Å². The molecule has 1 amide bonds. The molecule has 1 heterocycles. The SMILES string of the molecule is CCNCCCNC(=O)c1cnc(C)cn1. The molecule has 88 valence electrons. The van der Waals surface area contributed by atoms with E-state index in [4.69, 9.17) is 0 Å². The number of aromatic nitrogens is 2. The number of carbonyl (C=O) groups excluding carboxylic acids is 1. The van der Waals surface area contributed by atoms with E-state index < -0.39 is 0 Å². The van der Waals surface area contributed by atoms with Crippen LogP contribution < -0.4 is 10.6 Å². The zero-order valence-corrected chi connectivity index (χ0v) is 9.79. The maximum atomic E-state index is 11.6. The number of hydrogen-bond donors (Lipinski definition) is 2. The van der Waals surface area contributed by atoms with Crippen LogP contribution in [-0.2, 0) is 0 Å². The minimum Gasteiger partial charge on any atom is -0.351 e. The van der Waals surface area contributed by atoms with E-state index in [0.29, 0.717) is 12.2 Å². The Morgan fingerprint density at radius 1 is 1.31 bits per heavy atom. The van der Waals surface area contributed by atoms with Crippen LogP contribution in [0.1, 0.15) is 29.5 Å². The van der Waals surface area contributed by atoms with E-state index in [1.165, 1.54) is 6.20 Å². The predicted molar refractivity (Wildman–Crippen MR) is 62.3 cm³/mol. The van der Waals surface area contributed by atoms with Gasteiger partial charge in [0.05, 0.1) is 11.9 Å². The molecule has 1 aromatic rings. The summed E-state index contributed by atoms with van der Waals surface area (Å²) < 4.78 is 0. The van der Waals surface area contributed by atoms with Gasteiger partial charge in [0.15, 0.2) is 0 Å². The molecule has 0 saturated heterocycles. The quantitative estimate of drug-likeness (QED) is 0.688. The van der Waals surface area contributed by atoms with E-state index in [9.17, 15) is 4.79 Å². The first-order valence-corrected chi connectivity index (χ1v) is 5.51. The standard InChI is InChI=1S/C11H18N4O/c1-3-12-5-4-6-13-11(16)10-8-14-9(2)7-15-10/h7-8,12H,3-6H2,1-2H3,(H,13,16). The van der Waals surface area contributed by atoms with Gasteiger partial charge in [0.2, 0.25) is 0 Å². The van der Waals surface area contributed by atoms with Gasteiger partial charge < -0.3 is 10.6 Å². The molecule has 2 N–H and O–H groups in total. The van der Waals surface area contributed by atoms with Crippen molar-refractivity contribution in [3.8, 4) is 0 Å². The van der Waals surface area contributed by atoms with Crippen molar-refractivity contribution in [1.82, 2.24) is 20.6 Å². The molecule has 0 aliphatic heterocycles. The summed E-state index contributed by atoms with van der Waals surface area (Å²) in [5, 5.41) is 5.99. The van der Waals surface area contributed by atoms with E-state index in [2.05, 4.69) is 27.5 Å². The molecule has 1 aromatic heterocycles. The van der Waals surface area contributed by atoms with Crippen molar-refractivity contribution in [2.45, 2.75) is 20.3 Å². The molecule has 0 saturated carbocycles. The lowest BCUT2D eigenvalue weighted by atomic mass is 10.3. The maximum absolute atomic E-state index is 11.6. The van der Waals surface area contributed by atoms with E-state index >= 15 is 0 Å². The number of hydrogen-bond acceptors (Lipinski definition) is 4. The number of amides is 1. The third-order valence-corrected chi connectivity index (χ3v) is 2.08. The summed E-state index contributed by atoms with van der Waals surface area (Å²) in [5.74, 6) is -0.163. The highest BCUT2D eigenvalue weighted by Gasteiger charge is 2.05. The highest BCUT2D eigenvalue weighted by molar-refractivity contribution is 5.91. The van der Waals surface area contributed by atoms with E-state index in [0.717, 1.165) is 25.2 Å². The molecule has 0 atom stereocenters. The monoisotopic (exact) mass is 222 g/mol. The van der Waals surface area contributed by atoms with Gasteiger partial charge in [-0.2, -0.15) is 0 Å². The number of aryl methyl sites for hydroxylation is 1. The van der Waals surface area contributed by atoms with Gasteiger partial charge in [-0.15, -0.1) is 0 Å². The molecular formula is C11H18N4O. The van der Waals surface area contributed by atoms with Gasteiger partial charge in [-0.25, -0.2) is 4.98 Å². The van der Waals surface area contributed by atoms with Crippen molar-refractivity contribution in [3.63, 3.8) is 0 Å². The van der Waals surface area contributed by atoms with Gasteiger partial charge >= 0.3 is 0 Å². The molecule has 0 unspecified atom stereocenters. The first-order valence-electron chi connectivity index (χ1n) is 5.51. The average molecular weight is 222 g/mol. The Morgan fingerprint density at radius 2 is 2.12 bits per heavy atom. The fourth-order valence-corrected chi connectivity index (χ4v) is 1.19. The molecule has 5 nitrogen and oxygen atoms in total. The summed E-state index contributed by atoms with van der Waals surface area (Å²) in [6.45, 7) is 6.42. The normalized spacial score (nSPS) is 10.1. The van der Waals surface area contributed by atoms with E-state index in [1.807, 2.05) is 6.92 Å². The van der Waals surface area contributed by atoms with Gasteiger partial charge in [-0.05, 0) is 26.4 Å². The lowest BCUT2D eigenvalue weighted by Crippen LogP contribution is -2.28. The lowest BCUT2D eigenvalue weighted by Gasteiger charge is -2.04. The molecule has 0 fully saturated rings. The second-order valence-corrected chi connectivity index (χ2v) is 3.51. The number of carbonyl (C=O) groups is 1. The number of rotatable bonds is 6. The minimum atomic E-state index is -0.163. The van der Waals surface area contributed by atoms with Crippen LogP contribution in [0.25, 0.3) is 0 Å². The predicted octanol–water partition coefficient (Wildman–Crippen LogP) is 0.514. The fraction of sp³-hybridized carbons (Fsp3) is 0.545. The molecule has 5 heteroatoms. The van der Waals surface area contributed by atoms with Crippen molar-refractivity contribution < 1.29 is 4.79 Å². The van der Waals surface area contributed by atoms with Crippen LogP contribution in [0, 0.1) is 6.92 Å². The van der Waals surface area contributed by atoms with Crippen LogP contribution in [0.15, 0.2) is 12.4 Å². The van der Waals surface area contributed by atoms with E-state index in [1.54, 1.807) is 6.20 Å². The molecule has 0 radical (unpaired) electrons. The summed E-state index contributed by atoms with van der Waals surface area (Å²) in [6, 6.07) is 0. The van der Waals surface area contributed by atoms with Crippen LogP contribution >= 0.6 is 0 Å². The first kappa shape index (κ1) is 12.6. The summed E-state index contributed by atoms with van der Waals surface area (Å²) in [6.07, 6.45) is 4.00. The Kier molecular flexibility index (Phi) is 5.42. The van der Waals surface area contributed by atoms with Gasteiger partial charge in [-0.3, -0.25) is 9.78 Å². The minimum absolute atomic E-state index is 0.163. The Bertz CT molecular complexity index is 323. The summed E-state index contributed by atoms with van der Waals surface area (Å²) in [5.41, 5.74) is 1.18. The third kappa shape index (κ3) is 4.35. The van der Waals surface area contributed by atoms with Crippen LogP contribution in [0.4, 0.5) is 0 Å². The molecule has 1 rings (SSSR count). The van der Waals surface area contributed by atoms with Crippen molar-refractivity contribution in [2.75, 3.05) is 19.6 Å². The van der Waals surface area contributed by atoms with Crippen molar-refractivity contribution >= 4 is 5.91 Å². The van der Waals surface area contributed by atoms with Gasteiger partial charge in [0, 0.05) is 12.7 Å². The van der Waals surface area contributed by atoms with Gasteiger partial charge in [0.25, 0.3) is 5.91 Å². The highest BCUT2D eigenvalue weighted by Crippen LogP contribution is 1.93. The Morgan fingerprint density at radius 3 is 2.75 bits per heavy atom. The largest absolute Gasteiger partial charge is 0.351 e. The Hall–Kier alpha value is -1.49. The van der Waals surface area contributed by atoms with Gasteiger partial charge in [-0.1, -0.05) is 6.92 Å². The van der Waals surface area contributed by atoms with Crippen molar-refractivity contribution in [2.24, 2.45) is 0 Å². The third-order valence-electron chi connectivity index (χ3n) is 2.08. The molecule has 0 bridgehead atoms. The molecule has 16 heavy (non-hydrogen) atoms. The summed E-state index contributed by atoms with van der Waals surface area (Å²) in [4.78, 5) is 19.6. The zero-order chi connectivity index (χ0) is 11.8. The second-order valence-electron chi connectivity index (χ2n) is 3.51. The van der Waals surface area contributed by atoms with Crippen LogP contribution in [0.3, 0.4) is 0 Å². The lowest BCUT2D eigenvalue weighted by molar-refractivity contribution is 0.0948. The second kappa shape index (κ2) is 6.90. The van der Waals surface area contributed by atoms with Crippen LogP contribution in [0.5, 0.6) is 0 Å². The Labute approximate surface area is 95.7 Å². The smallest absolute Gasteiger partial charge is 0.271 e. The topological polar surface area (TPSA) is 66.9 Å².